The minimum atomic E-state index is -1.04. The highest BCUT2D eigenvalue weighted by molar-refractivity contribution is 6.12. The van der Waals surface area contributed by atoms with Gasteiger partial charge in [0.1, 0.15) is 36.4 Å². The smallest absolute Gasteiger partial charge is 0.410 e. The number of imide groups is 1. The largest absolute Gasteiger partial charge is 0.457 e. The number of hydrogen-bond donors (Lipinski definition) is 6. The summed E-state index contributed by atoms with van der Waals surface area (Å²) in [6.45, 7) is 12.7. The van der Waals surface area contributed by atoms with Crippen LogP contribution in [0.2, 0.25) is 0 Å². The fourth-order valence-corrected chi connectivity index (χ4v) is 11.4. The number of esters is 1. The third kappa shape index (κ3) is 20.4. The number of rotatable bonds is 23. The first-order valence-corrected chi connectivity index (χ1v) is 31.4. The van der Waals surface area contributed by atoms with Crippen LogP contribution >= 0.6 is 0 Å². The maximum atomic E-state index is 15.6. The summed E-state index contributed by atoms with van der Waals surface area (Å²) >= 11 is 0. The van der Waals surface area contributed by atoms with Crippen LogP contribution in [0.1, 0.15) is 136 Å². The molecule has 5 heterocycles. The number of fused-ring (bicyclic) bond motifs is 1. The number of unbranched alkanes of at least 4 members (excludes halogenated alkanes) is 3. The summed E-state index contributed by atoms with van der Waals surface area (Å²) in [5, 5.41) is 30.2. The van der Waals surface area contributed by atoms with Crippen molar-refractivity contribution in [1.82, 2.24) is 50.5 Å². The number of nitrogens with zero attached hydrogens (tertiary/aromatic N) is 7. The molecule has 7 N–H and O–H groups in total. The van der Waals surface area contributed by atoms with Crippen LogP contribution in [-0.4, -0.2) is 182 Å². The number of primary amides is 1. The molecule has 0 spiro atoms. The Hall–Kier alpha value is -8.75. The number of amides is 10. The van der Waals surface area contributed by atoms with Crippen LogP contribution in [0.15, 0.2) is 66.3 Å². The van der Waals surface area contributed by atoms with Crippen LogP contribution in [0.4, 0.5) is 24.5 Å². The molecule has 0 aliphatic carbocycles. The van der Waals surface area contributed by atoms with Gasteiger partial charge in [-0.3, -0.25) is 38.5 Å². The standard InChI is InChI=1S/C64H87FN12O14/c1-39(2)57(70-53(80)13-8-7-11-27-76-54(81)22-23-55(76)82)61(85)69-50(12-9-10-26-67-62(66)86)60(84)68-46-18-16-44(17-19-46)38-89-63(87)74-30-32-75(33-31-74)64(88)90-52-21-15-41(4)59(91-56(83)37-48(79)20-14-40(52)3)42(5)34-45-35-49(65)58-51(36-45)77(72-71-58)47-24-28-73(29-25-47)43(6)78/h15-19,21-23,34-36,39-41,47-48,50,52,57,59,79H,7-14,20,24-33,37-38H2,1-6H3,(H,68,84)(H,69,85)(H,70,80)(H3,66,67,86)/b21-15+,42-34+/t40-,41-,48+,50-,52-,57-,59-/m0/s1. The molecule has 494 valence electrons. The van der Waals surface area contributed by atoms with Gasteiger partial charge in [0.25, 0.3) is 11.8 Å². The average molecular weight is 1270 g/mol. The molecule has 7 rings (SSSR count). The van der Waals surface area contributed by atoms with E-state index in [4.69, 9.17) is 19.9 Å². The quantitative estimate of drug-likeness (QED) is 0.0215. The molecule has 2 aromatic carbocycles. The number of aliphatic hydroxyl groups excluding tert-OH is 1. The van der Waals surface area contributed by atoms with Gasteiger partial charge < -0.3 is 61.0 Å². The van der Waals surface area contributed by atoms with E-state index in [9.17, 15) is 53.1 Å². The lowest BCUT2D eigenvalue weighted by atomic mass is 9.91. The number of hydrogen-bond acceptors (Lipinski definition) is 16. The van der Waals surface area contributed by atoms with Crippen molar-refractivity contribution in [1.29, 1.82) is 0 Å². The Morgan fingerprint density at radius 1 is 0.813 bits per heavy atom. The minimum Gasteiger partial charge on any atom is -0.457 e. The van der Waals surface area contributed by atoms with Crippen LogP contribution in [-0.2, 0) is 54.4 Å². The van der Waals surface area contributed by atoms with Gasteiger partial charge in [0, 0.05) is 89.5 Å². The lowest BCUT2D eigenvalue weighted by Crippen LogP contribution is -2.54. The Bertz CT molecular complexity index is 3170. The SMILES string of the molecule is CC(=O)N1CCC(n2nnc3c(F)cc(/C=C(\C)[C@H]4OC(=O)C[C@H](O)CC[C@H](C)[C@@H](OC(=O)N5CCN(C(=O)OCc6ccc(NC(=O)[C@H](CCCCNC(N)=O)NC(=O)[C@@H](NC(=O)CCCCCN7C(=O)C=CC7=O)C(C)C)cc6)CC5)/C=C/[C@@H]4C)cc32)CC1. The number of cyclic esters (lactones) is 1. The third-order valence-corrected chi connectivity index (χ3v) is 16.8. The second kappa shape index (κ2) is 33.4. The van der Waals surface area contributed by atoms with E-state index in [-0.39, 0.29) is 119 Å². The summed E-state index contributed by atoms with van der Waals surface area (Å²) in [7, 11) is 0. The van der Waals surface area contributed by atoms with Gasteiger partial charge in [-0.1, -0.05) is 63.6 Å². The highest BCUT2D eigenvalue weighted by atomic mass is 19.1. The van der Waals surface area contributed by atoms with Gasteiger partial charge >= 0.3 is 24.2 Å². The van der Waals surface area contributed by atoms with Crippen LogP contribution in [0.25, 0.3) is 17.1 Å². The Kier molecular flexibility index (Phi) is 25.6. The molecule has 91 heavy (non-hydrogen) atoms. The van der Waals surface area contributed by atoms with E-state index < -0.39 is 78.1 Å². The van der Waals surface area contributed by atoms with Gasteiger partial charge in [-0.25, -0.2) is 23.5 Å². The summed E-state index contributed by atoms with van der Waals surface area (Å²) in [4.78, 5) is 134. The molecular formula is C64H87FN12O14. The van der Waals surface area contributed by atoms with Crippen molar-refractivity contribution >= 4 is 82.4 Å². The fourth-order valence-electron chi connectivity index (χ4n) is 11.4. The molecular weight excluding hydrogens is 1180 g/mol. The lowest BCUT2D eigenvalue weighted by Gasteiger charge is -2.35. The first-order valence-electron chi connectivity index (χ1n) is 31.4. The molecule has 7 atom stereocenters. The monoisotopic (exact) mass is 1270 g/mol. The number of carbonyl (C=O) groups is 10. The van der Waals surface area contributed by atoms with E-state index in [2.05, 4.69) is 31.6 Å². The second-order valence-corrected chi connectivity index (χ2v) is 24.3. The number of piperidine rings is 1. The Labute approximate surface area is 528 Å². The van der Waals surface area contributed by atoms with E-state index in [1.807, 2.05) is 19.9 Å². The molecule has 27 heteroatoms. The Balaban J connectivity index is 0.892. The molecule has 26 nitrogen and oxygen atoms in total. The number of nitrogens with two attached hydrogens (primary N) is 1. The molecule has 3 aromatic rings. The molecule has 0 bridgehead atoms. The molecule has 0 radical (unpaired) electrons. The molecule has 4 aliphatic heterocycles. The lowest BCUT2D eigenvalue weighted by molar-refractivity contribution is -0.151. The predicted octanol–water partition coefficient (Wildman–Crippen LogP) is 5.79. The highest BCUT2D eigenvalue weighted by Gasteiger charge is 2.33. The number of urea groups is 1. The van der Waals surface area contributed by atoms with Crippen molar-refractivity contribution in [3.63, 3.8) is 0 Å². The number of anilines is 1. The van der Waals surface area contributed by atoms with Crippen molar-refractivity contribution in [2.45, 2.75) is 162 Å². The molecule has 4 aliphatic rings. The summed E-state index contributed by atoms with van der Waals surface area (Å²) in [5.74, 6) is -4.46. The average Bonchev–Trinajstić information content (AvgIpc) is 1.68. The Morgan fingerprint density at radius 2 is 1.49 bits per heavy atom. The summed E-state index contributed by atoms with van der Waals surface area (Å²) in [6, 6.07) is 6.92. The zero-order valence-corrected chi connectivity index (χ0v) is 52.7. The first kappa shape index (κ1) is 69.7. The Morgan fingerprint density at radius 3 is 2.15 bits per heavy atom. The molecule has 2 fully saturated rings. The van der Waals surface area contributed by atoms with Crippen molar-refractivity contribution in [2.24, 2.45) is 23.5 Å². The van der Waals surface area contributed by atoms with Gasteiger partial charge in [0.15, 0.2) is 5.82 Å². The first-order chi connectivity index (χ1) is 43.4. The zero-order chi connectivity index (χ0) is 65.9. The van der Waals surface area contributed by atoms with E-state index in [0.29, 0.717) is 92.4 Å². The number of halogens is 1. The zero-order valence-electron chi connectivity index (χ0n) is 52.7. The number of ether oxygens (including phenoxy) is 3. The fraction of sp³-hybridized carbons (Fsp3) is 0.562. The number of carbonyl (C=O) groups excluding carboxylic acids is 10. The van der Waals surface area contributed by atoms with Gasteiger partial charge in [0.2, 0.25) is 23.6 Å². The minimum absolute atomic E-state index is 0.00318. The normalized spacial score (nSPS) is 21.3. The topological polar surface area (TPSA) is 336 Å². The number of aromatic nitrogens is 3. The molecule has 10 amide bonds. The number of piperazine rings is 1. The molecule has 0 unspecified atom stereocenters. The summed E-state index contributed by atoms with van der Waals surface area (Å²) in [6.07, 6.45) is 8.32. The number of nitrogens with one attached hydrogen (secondary N) is 4. The van der Waals surface area contributed by atoms with Crippen molar-refractivity contribution in [3.05, 3.63) is 83.2 Å². The van der Waals surface area contributed by atoms with Gasteiger partial charge in [0.05, 0.1) is 24.1 Å². The summed E-state index contributed by atoms with van der Waals surface area (Å²) < 4.78 is 35.1. The van der Waals surface area contributed by atoms with Crippen LogP contribution < -0.4 is 27.0 Å². The predicted molar refractivity (Wildman–Crippen MR) is 332 cm³/mol. The van der Waals surface area contributed by atoms with Gasteiger partial charge in [-0.2, -0.15) is 0 Å². The van der Waals surface area contributed by atoms with Crippen LogP contribution in [0.3, 0.4) is 0 Å². The van der Waals surface area contributed by atoms with E-state index in [0.717, 1.165) is 4.90 Å². The number of benzene rings is 2. The van der Waals surface area contributed by atoms with E-state index in [1.165, 1.54) is 34.9 Å². The molecule has 2 saturated heterocycles. The van der Waals surface area contributed by atoms with Gasteiger partial charge in [-0.15, -0.1) is 5.10 Å². The second-order valence-electron chi connectivity index (χ2n) is 24.3. The van der Waals surface area contributed by atoms with E-state index >= 15 is 4.39 Å². The number of aliphatic hydroxyl groups is 1. The number of likely N-dealkylation sites (tertiary alicyclic amines) is 1. The van der Waals surface area contributed by atoms with Crippen LogP contribution in [0.5, 0.6) is 0 Å². The third-order valence-electron chi connectivity index (χ3n) is 16.8. The van der Waals surface area contributed by atoms with Crippen molar-refractivity contribution in [2.75, 3.05) is 57.7 Å². The van der Waals surface area contributed by atoms with Crippen LogP contribution in [0, 0.1) is 23.6 Å². The van der Waals surface area contributed by atoms with E-state index in [1.54, 1.807) is 72.8 Å². The molecule has 1 aromatic heterocycles. The molecule has 0 saturated carbocycles. The maximum absolute atomic E-state index is 15.6. The van der Waals surface area contributed by atoms with Gasteiger partial charge in [-0.05, 0) is 124 Å². The highest BCUT2D eigenvalue weighted by Crippen LogP contribution is 2.31. The summed E-state index contributed by atoms with van der Waals surface area (Å²) in [5.41, 5.74) is 7.90. The maximum Gasteiger partial charge on any atom is 0.410 e. The van der Waals surface area contributed by atoms with Crippen molar-refractivity contribution in [3.8, 4) is 0 Å². The van der Waals surface area contributed by atoms with Crippen molar-refractivity contribution < 1.29 is 71.7 Å².